The summed E-state index contributed by atoms with van der Waals surface area (Å²) in [5.41, 5.74) is 0.452. The number of sulfonamides is 1. The van der Waals surface area contributed by atoms with Gasteiger partial charge in [0.15, 0.2) is 0 Å². The monoisotopic (exact) mass is 405 g/mol. The van der Waals surface area contributed by atoms with E-state index in [0.717, 1.165) is 0 Å². The Bertz CT molecular complexity index is 889. The van der Waals surface area contributed by atoms with Crippen LogP contribution < -0.4 is 4.72 Å². The standard InChI is InChI=1S/C16H14Cl2FNO4S/c1-10(16(21)24-9-11-3-2-4-12(19)7-11)20-25(22,23)13-5-6-14(17)15(18)8-13/h2-8,10,20H,9H2,1H3/t10-/m0/s1. The van der Waals surface area contributed by atoms with Gasteiger partial charge in [-0.2, -0.15) is 4.72 Å². The molecule has 2 rings (SSSR count). The van der Waals surface area contributed by atoms with Gasteiger partial charge in [-0.25, -0.2) is 12.8 Å². The molecular weight excluding hydrogens is 392 g/mol. The van der Waals surface area contributed by atoms with Crippen LogP contribution in [-0.4, -0.2) is 20.4 Å². The molecular formula is C16H14Cl2FNO4S. The number of ether oxygens (including phenoxy) is 1. The van der Waals surface area contributed by atoms with E-state index in [9.17, 15) is 17.6 Å². The molecule has 0 radical (unpaired) electrons. The molecule has 0 unspecified atom stereocenters. The highest BCUT2D eigenvalue weighted by molar-refractivity contribution is 7.89. The van der Waals surface area contributed by atoms with Gasteiger partial charge in [-0.15, -0.1) is 0 Å². The number of rotatable bonds is 6. The third-order valence-corrected chi connectivity index (χ3v) is 5.43. The van der Waals surface area contributed by atoms with Gasteiger partial charge in [0, 0.05) is 0 Å². The number of halogens is 3. The van der Waals surface area contributed by atoms with Crippen molar-refractivity contribution in [2.75, 3.05) is 0 Å². The van der Waals surface area contributed by atoms with Crippen LogP contribution in [0.5, 0.6) is 0 Å². The molecule has 134 valence electrons. The summed E-state index contributed by atoms with van der Waals surface area (Å²) in [6, 6.07) is 8.18. The Balaban J connectivity index is 2.00. The molecule has 0 aromatic heterocycles. The number of hydrogen-bond acceptors (Lipinski definition) is 4. The zero-order chi connectivity index (χ0) is 18.6. The first-order valence-electron chi connectivity index (χ1n) is 7.07. The molecule has 2 aromatic rings. The van der Waals surface area contributed by atoms with Crippen molar-refractivity contribution >= 4 is 39.2 Å². The smallest absolute Gasteiger partial charge is 0.324 e. The van der Waals surface area contributed by atoms with Gasteiger partial charge in [-0.3, -0.25) is 4.79 Å². The highest BCUT2D eigenvalue weighted by Crippen LogP contribution is 2.24. The molecule has 5 nitrogen and oxygen atoms in total. The topological polar surface area (TPSA) is 72.5 Å². The SMILES string of the molecule is C[C@H](NS(=O)(=O)c1ccc(Cl)c(Cl)c1)C(=O)OCc1cccc(F)c1. The van der Waals surface area contributed by atoms with Crippen LogP contribution >= 0.6 is 23.2 Å². The van der Waals surface area contributed by atoms with Crippen LogP contribution in [0.3, 0.4) is 0 Å². The largest absolute Gasteiger partial charge is 0.460 e. The van der Waals surface area contributed by atoms with E-state index in [4.69, 9.17) is 27.9 Å². The second-order valence-corrected chi connectivity index (χ2v) is 7.68. The number of nitrogens with one attached hydrogen (secondary N) is 1. The van der Waals surface area contributed by atoms with Crippen molar-refractivity contribution in [3.8, 4) is 0 Å². The van der Waals surface area contributed by atoms with E-state index in [2.05, 4.69) is 4.72 Å². The fourth-order valence-electron chi connectivity index (χ4n) is 1.90. The molecule has 0 heterocycles. The molecule has 0 bridgehead atoms. The lowest BCUT2D eigenvalue weighted by molar-refractivity contribution is -0.146. The molecule has 0 aliphatic heterocycles. The highest BCUT2D eigenvalue weighted by atomic mass is 35.5. The van der Waals surface area contributed by atoms with E-state index in [1.165, 1.54) is 43.3 Å². The molecule has 1 N–H and O–H groups in total. The second-order valence-electron chi connectivity index (χ2n) is 5.16. The number of hydrogen-bond donors (Lipinski definition) is 1. The summed E-state index contributed by atoms with van der Waals surface area (Å²) in [4.78, 5) is 11.8. The van der Waals surface area contributed by atoms with Crippen molar-refractivity contribution in [2.24, 2.45) is 0 Å². The van der Waals surface area contributed by atoms with E-state index in [0.29, 0.717) is 5.56 Å². The number of benzene rings is 2. The molecule has 0 spiro atoms. The molecule has 0 saturated heterocycles. The van der Waals surface area contributed by atoms with Gasteiger partial charge in [0.1, 0.15) is 18.5 Å². The minimum atomic E-state index is -3.99. The first-order valence-corrected chi connectivity index (χ1v) is 9.31. The number of esters is 1. The zero-order valence-electron chi connectivity index (χ0n) is 13.0. The number of carbonyl (C=O) groups is 1. The van der Waals surface area contributed by atoms with Crippen molar-refractivity contribution in [3.05, 3.63) is 63.9 Å². The lowest BCUT2D eigenvalue weighted by Crippen LogP contribution is -2.39. The molecule has 0 aliphatic carbocycles. The zero-order valence-corrected chi connectivity index (χ0v) is 15.3. The van der Waals surface area contributed by atoms with Gasteiger partial charge < -0.3 is 4.74 Å². The van der Waals surface area contributed by atoms with Crippen molar-refractivity contribution < 1.29 is 22.3 Å². The van der Waals surface area contributed by atoms with Crippen LogP contribution in [-0.2, 0) is 26.2 Å². The first kappa shape index (κ1) is 19.7. The quantitative estimate of drug-likeness (QED) is 0.745. The van der Waals surface area contributed by atoms with Crippen LogP contribution in [0, 0.1) is 5.82 Å². The molecule has 0 saturated carbocycles. The lowest BCUT2D eigenvalue weighted by atomic mass is 10.2. The van der Waals surface area contributed by atoms with Gasteiger partial charge in [-0.1, -0.05) is 35.3 Å². The molecule has 2 aromatic carbocycles. The molecule has 0 amide bonds. The molecule has 0 aliphatic rings. The number of carbonyl (C=O) groups excluding carboxylic acids is 1. The van der Waals surface area contributed by atoms with Crippen molar-refractivity contribution in [1.82, 2.24) is 4.72 Å². The molecule has 0 fully saturated rings. The van der Waals surface area contributed by atoms with E-state index >= 15 is 0 Å². The van der Waals surface area contributed by atoms with E-state index < -0.39 is 27.9 Å². The maximum absolute atomic E-state index is 13.1. The van der Waals surface area contributed by atoms with Crippen LogP contribution in [0.1, 0.15) is 12.5 Å². The van der Waals surface area contributed by atoms with Crippen molar-refractivity contribution in [2.45, 2.75) is 24.5 Å². The van der Waals surface area contributed by atoms with E-state index in [1.807, 2.05) is 0 Å². The van der Waals surface area contributed by atoms with Gasteiger partial charge >= 0.3 is 5.97 Å². The third-order valence-electron chi connectivity index (χ3n) is 3.16. The van der Waals surface area contributed by atoms with E-state index in [-0.39, 0.29) is 21.5 Å². The van der Waals surface area contributed by atoms with Gasteiger partial charge in [0.05, 0.1) is 14.9 Å². The predicted octanol–water partition coefficient (Wildman–Crippen LogP) is 3.54. The molecule has 9 heteroatoms. The summed E-state index contributed by atoms with van der Waals surface area (Å²) in [5.74, 6) is -1.25. The molecule has 25 heavy (non-hydrogen) atoms. The Morgan fingerprint density at radius 2 is 1.92 bits per heavy atom. The third kappa shape index (κ3) is 5.40. The van der Waals surface area contributed by atoms with Gasteiger partial charge in [-0.05, 0) is 42.8 Å². The fraction of sp³-hybridized carbons (Fsp3) is 0.188. The summed E-state index contributed by atoms with van der Waals surface area (Å²) in [6.45, 7) is 1.17. The Hall–Kier alpha value is -1.67. The summed E-state index contributed by atoms with van der Waals surface area (Å²) in [5, 5.41) is 0.286. The summed E-state index contributed by atoms with van der Waals surface area (Å²) in [6.07, 6.45) is 0. The minimum Gasteiger partial charge on any atom is -0.460 e. The Kier molecular flexibility index (Phi) is 6.40. The second kappa shape index (κ2) is 8.14. The lowest BCUT2D eigenvalue weighted by Gasteiger charge is -2.14. The first-order chi connectivity index (χ1) is 11.7. The van der Waals surface area contributed by atoms with E-state index in [1.54, 1.807) is 6.07 Å². The average Bonchev–Trinajstić information content (AvgIpc) is 2.54. The van der Waals surface area contributed by atoms with Crippen LogP contribution in [0.2, 0.25) is 10.0 Å². The highest BCUT2D eigenvalue weighted by Gasteiger charge is 2.23. The Morgan fingerprint density at radius 1 is 1.20 bits per heavy atom. The minimum absolute atomic E-state index is 0.0749. The predicted molar refractivity (Wildman–Crippen MR) is 92.4 cm³/mol. The fourth-order valence-corrected chi connectivity index (χ4v) is 3.48. The Morgan fingerprint density at radius 3 is 2.56 bits per heavy atom. The van der Waals surface area contributed by atoms with Crippen LogP contribution in [0.25, 0.3) is 0 Å². The normalized spacial score (nSPS) is 12.6. The molecule has 1 atom stereocenters. The summed E-state index contributed by atoms with van der Waals surface area (Å²) in [7, 11) is -3.99. The summed E-state index contributed by atoms with van der Waals surface area (Å²) >= 11 is 11.6. The maximum atomic E-state index is 13.1. The van der Waals surface area contributed by atoms with Crippen molar-refractivity contribution in [1.29, 1.82) is 0 Å². The van der Waals surface area contributed by atoms with Gasteiger partial charge in [0.25, 0.3) is 0 Å². The summed E-state index contributed by atoms with van der Waals surface area (Å²) < 4.78 is 44.8. The average molecular weight is 406 g/mol. The van der Waals surface area contributed by atoms with Crippen LogP contribution in [0.15, 0.2) is 47.4 Å². The maximum Gasteiger partial charge on any atom is 0.324 e. The van der Waals surface area contributed by atoms with Crippen LogP contribution in [0.4, 0.5) is 4.39 Å². The Labute approximate surface area is 154 Å². The van der Waals surface area contributed by atoms with Crippen molar-refractivity contribution in [3.63, 3.8) is 0 Å². The van der Waals surface area contributed by atoms with Gasteiger partial charge in [0.2, 0.25) is 10.0 Å².